The number of hydrogen-bond acceptors (Lipinski definition) is 5. The Hall–Kier alpha value is -2.32. The van der Waals surface area contributed by atoms with Crippen molar-refractivity contribution in [2.24, 2.45) is 5.10 Å². The van der Waals surface area contributed by atoms with E-state index >= 15 is 0 Å². The third kappa shape index (κ3) is 3.72. The Kier molecular flexibility index (Phi) is 5.30. The fourth-order valence-corrected chi connectivity index (χ4v) is 4.22. The lowest BCUT2D eigenvalue weighted by atomic mass is 9.98. The summed E-state index contributed by atoms with van der Waals surface area (Å²) in [5, 5.41) is 4.40. The molecule has 0 spiro atoms. The van der Waals surface area contributed by atoms with Gasteiger partial charge in [-0.05, 0) is 30.3 Å². The SMILES string of the molecule is COc1ccc(OC)c(C2=NN(S(C)(=O)=O)[C@@H](c3c(F)cccc3Cl)C2)c1. The summed E-state index contributed by atoms with van der Waals surface area (Å²) >= 11 is 6.17. The molecule has 144 valence electrons. The third-order valence-corrected chi connectivity index (χ3v) is 5.61. The highest BCUT2D eigenvalue weighted by atomic mass is 35.5. The Morgan fingerprint density at radius 2 is 1.96 bits per heavy atom. The Morgan fingerprint density at radius 1 is 1.22 bits per heavy atom. The number of sulfonamides is 1. The van der Waals surface area contributed by atoms with Crippen molar-refractivity contribution in [3.8, 4) is 11.5 Å². The highest BCUT2D eigenvalue weighted by Gasteiger charge is 2.38. The lowest BCUT2D eigenvalue weighted by molar-refractivity contribution is 0.365. The van der Waals surface area contributed by atoms with E-state index in [4.69, 9.17) is 21.1 Å². The minimum Gasteiger partial charge on any atom is -0.497 e. The van der Waals surface area contributed by atoms with Crippen LogP contribution in [-0.2, 0) is 10.0 Å². The Balaban J connectivity index is 2.13. The van der Waals surface area contributed by atoms with Crippen molar-refractivity contribution in [3.05, 3.63) is 58.4 Å². The molecular weight excluding hydrogens is 395 g/mol. The van der Waals surface area contributed by atoms with Gasteiger partial charge in [-0.25, -0.2) is 12.8 Å². The molecular formula is C18H18ClFN2O4S. The predicted molar refractivity (Wildman–Crippen MR) is 102 cm³/mol. The van der Waals surface area contributed by atoms with Crippen LogP contribution in [0.3, 0.4) is 0 Å². The van der Waals surface area contributed by atoms with Crippen LogP contribution < -0.4 is 9.47 Å². The van der Waals surface area contributed by atoms with E-state index < -0.39 is 21.9 Å². The van der Waals surface area contributed by atoms with Gasteiger partial charge in [-0.15, -0.1) is 0 Å². The number of nitrogens with zero attached hydrogens (tertiary/aromatic N) is 2. The van der Waals surface area contributed by atoms with E-state index in [1.54, 1.807) is 18.2 Å². The molecule has 9 heteroatoms. The number of benzene rings is 2. The molecule has 0 saturated heterocycles. The molecule has 0 unspecified atom stereocenters. The smallest absolute Gasteiger partial charge is 0.247 e. The van der Waals surface area contributed by atoms with Crippen LogP contribution in [0.25, 0.3) is 0 Å². The maximum Gasteiger partial charge on any atom is 0.247 e. The van der Waals surface area contributed by atoms with E-state index in [0.29, 0.717) is 22.8 Å². The number of hydrazone groups is 1. The van der Waals surface area contributed by atoms with Gasteiger partial charge in [0.1, 0.15) is 17.3 Å². The van der Waals surface area contributed by atoms with Crippen molar-refractivity contribution in [1.82, 2.24) is 4.41 Å². The second-order valence-corrected chi connectivity index (χ2v) is 8.25. The molecule has 6 nitrogen and oxygen atoms in total. The van der Waals surface area contributed by atoms with Crippen molar-refractivity contribution in [3.63, 3.8) is 0 Å². The molecule has 0 N–H and O–H groups in total. The topological polar surface area (TPSA) is 68.2 Å². The highest BCUT2D eigenvalue weighted by Crippen LogP contribution is 2.40. The van der Waals surface area contributed by atoms with Gasteiger partial charge in [0.05, 0.1) is 32.2 Å². The molecule has 0 fully saturated rings. The first-order chi connectivity index (χ1) is 12.8. The summed E-state index contributed by atoms with van der Waals surface area (Å²) in [7, 11) is -0.740. The number of rotatable bonds is 5. The molecule has 0 bridgehead atoms. The van der Waals surface area contributed by atoms with Crippen molar-refractivity contribution in [1.29, 1.82) is 0 Å². The summed E-state index contributed by atoms with van der Waals surface area (Å²) in [6, 6.07) is 8.45. The number of ether oxygens (including phenoxy) is 2. The van der Waals surface area contributed by atoms with Gasteiger partial charge in [0.15, 0.2) is 0 Å². The molecule has 1 heterocycles. The average Bonchev–Trinajstić information content (AvgIpc) is 3.06. The van der Waals surface area contributed by atoms with Crippen molar-refractivity contribution in [2.75, 3.05) is 20.5 Å². The first-order valence-electron chi connectivity index (χ1n) is 7.99. The van der Waals surface area contributed by atoms with Gasteiger partial charge in [0.25, 0.3) is 0 Å². The minimum absolute atomic E-state index is 0.0882. The van der Waals surface area contributed by atoms with Gasteiger partial charge in [-0.2, -0.15) is 9.52 Å². The molecule has 1 aliphatic heterocycles. The number of halogens is 2. The van der Waals surface area contributed by atoms with Crippen LogP contribution >= 0.6 is 11.6 Å². The van der Waals surface area contributed by atoms with Gasteiger partial charge in [0.2, 0.25) is 10.0 Å². The number of methoxy groups -OCH3 is 2. The maximum absolute atomic E-state index is 14.5. The van der Waals surface area contributed by atoms with E-state index in [0.717, 1.165) is 10.7 Å². The molecule has 0 aliphatic carbocycles. The number of hydrogen-bond donors (Lipinski definition) is 0. The monoisotopic (exact) mass is 412 g/mol. The van der Waals surface area contributed by atoms with Crippen LogP contribution in [0.5, 0.6) is 11.5 Å². The summed E-state index contributed by atoms with van der Waals surface area (Å²) < 4.78 is 50.5. The second-order valence-electron chi connectivity index (χ2n) is 6.00. The quantitative estimate of drug-likeness (QED) is 0.752. The molecule has 0 radical (unpaired) electrons. The summed E-state index contributed by atoms with van der Waals surface area (Å²) in [5.41, 5.74) is 1.09. The van der Waals surface area contributed by atoms with Gasteiger partial charge in [-0.3, -0.25) is 0 Å². The van der Waals surface area contributed by atoms with Crippen LogP contribution in [0.15, 0.2) is 41.5 Å². The van der Waals surface area contributed by atoms with Crippen LogP contribution in [-0.4, -0.2) is 39.0 Å². The lowest BCUT2D eigenvalue weighted by Gasteiger charge is -2.22. The molecule has 27 heavy (non-hydrogen) atoms. The summed E-state index contributed by atoms with van der Waals surface area (Å²) in [6.07, 6.45) is 1.15. The van der Waals surface area contributed by atoms with Gasteiger partial charge in [-0.1, -0.05) is 17.7 Å². The van der Waals surface area contributed by atoms with E-state index in [9.17, 15) is 12.8 Å². The first kappa shape index (κ1) is 19.4. The van der Waals surface area contributed by atoms with Gasteiger partial charge < -0.3 is 9.47 Å². The molecule has 2 aromatic carbocycles. The highest BCUT2D eigenvalue weighted by molar-refractivity contribution is 7.88. The first-order valence-corrected chi connectivity index (χ1v) is 10.2. The largest absolute Gasteiger partial charge is 0.497 e. The Morgan fingerprint density at radius 3 is 2.56 bits per heavy atom. The molecule has 0 amide bonds. The van der Waals surface area contributed by atoms with E-state index in [2.05, 4.69) is 5.10 Å². The third-order valence-electron chi connectivity index (χ3n) is 4.26. The van der Waals surface area contributed by atoms with Crippen molar-refractivity contribution in [2.45, 2.75) is 12.5 Å². The average molecular weight is 413 g/mol. The standard InChI is InChI=1S/C18H18ClFN2O4S/c1-25-11-7-8-17(26-2)12(9-11)15-10-16(22(21-15)27(3,23)24)18-13(19)5-4-6-14(18)20/h4-9,16H,10H2,1-3H3/t16-/m1/s1. The lowest BCUT2D eigenvalue weighted by Crippen LogP contribution is -2.26. The van der Waals surface area contributed by atoms with E-state index in [-0.39, 0.29) is 17.0 Å². The van der Waals surface area contributed by atoms with Crippen molar-refractivity contribution < 1.29 is 22.3 Å². The molecule has 2 aromatic rings. The summed E-state index contributed by atoms with van der Waals surface area (Å²) in [6.45, 7) is 0. The minimum atomic E-state index is -3.76. The zero-order valence-electron chi connectivity index (χ0n) is 14.9. The van der Waals surface area contributed by atoms with E-state index in [1.807, 2.05) is 0 Å². The van der Waals surface area contributed by atoms with Gasteiger partial charge in [0, 0.05) is 22.6 Å². The fraction of sp³-hybridized carbons (Fsp3) is 0.278. The zero-order valence-corrected chi connectivity index (χ0v) is 16.5. The van der Waals surface area contributed by atoms with E-state index in [1.165, 1.54) is 32.4 Å². The van der Waals surface area contributed by atoms with Crippen LogP contribution in [0, 0.1) is 5.82 Å². The molecule has 0 saturated carbocycles. The Bertz CT molecular complexity index is 990. The zero-order chi connectivity index (χ0) is 19.8. The van der Waals surface area contributed by atoms with Crippen molar-refractivity contribution >= 4 is 27.3 Å². The molecule has 0 aromatic heterocycles. The van der Waals surface area contributed by atoms with Gasteiger partial charge >= 0.3 is 0 Å². The summed E-state index contributed by atoms with van der Waals surface area (Å²) in [5.74, 6) is 0.477. The Labute approximate surface area is 162 Å². The van der Waals surface area contributed by atoms with Crippen LogP contribution in [0.2, 0.25) is 5.02 Å². The molecule has 3 rings (SSSR count). The second kappa shape index (κ2) is 7.36. The summed E-state index contributed by atoms with van der Waals surface area (Å²) in [4.78, 5) is 0. The van der Waals surface area contributed by atoms with Crippen LogP contribution in [0.4, 0.5) is 4.39 Å². The normalized spacial score (nSPS) is 17.0. The predicted octanol–water partition coefficient (Wildman–Crippen LogP) is 3.61. The molecule has 1 atom stereocenters. The molecule has 1 aliphatic rings. The van der Waals surface area contributed by atoms with Crippen LogP contribution in [0.1, 0.15) is 23.6 Å². The maximum atomic E-state index is 14.5. The fourth-order valence-electron chi connectivity index (χ4n) is 3.04.